The van der Waals surface area contributed by atoms with Crippen LogP contribution in [-0.4, -0.2) is 12.6 Å². The van der Waals surface area contributed by atoms with Gasteiger partial charge in [0.15, 0.2) is 0 Å². The molecule has 0 aliphatic heterocycles. The third-order valence-corrected chi connectivity index (χ3v) is 3.12. The maximum absolute atomic E-state index is 10.6. The van der Waals surface area contributed by atoms with Crippen LogP contribution in [0, 0.1) is 5.92 Å². The van der Waals surface area contributed by atoms with E-state index in [9.17, 15) is 4.79 Å². The summed E-state index contributed by atoms with van der Waals surface area (Å²) in [7, 11) is 0. The van der Waals surface area contributed by atoms with Crippen molar-refractivity contribution in [1.82, 2.24) is 0 Å². The van der Waals surface area contributed by atoms with Crippen molar-refractivity contribution in [3.63, 3.8) is 0 Å². The third-order valence-electron chi connectivity index (χ3n) is 3.12. The molecule has 17 heavy (non-hydrogen) atoms. The van der Waals surface area contributed by atoms with Crippen LogP contribution in [0.1, 0.15) is 78.6 Å². The van der Waals surface area contributed by atoms with Gasteiger partial charge in [0.05, 0.1) is 6.61 Å². The van der Waals surface area contributed by atoms with Gasteiger partial charge in [0.2, 0.25) is 0 Å². The quantitative estimate of drug-likeness (QED) is 0.387. The molecular formula is C15H30O2. The van der Waals surface area contributed by atoms with Crippen LogP contribution in [0.25, 0.3) is 0 Å². The number of unbranched alkanes of at least 4 members (excludes halogenated alkanes) is 7. The summed E-state index contributed by atoms with van der Waals surface area (Å²) < 4.78 is 4.99. The van der Waals surface area contributed by atoms with Crippen molar-refractivity contribution in [3.8, 4) is 0 Å². The largest absolute Gasteiger partial charge is 0.466 e. The number of hydrogen-bond donors (Lipinski definition) is 0. The molecule has 2 heteroatoms. The first-order chi connectivity index (χ1) is 8.16. The minimum absolute atomic E-state index is 0.159. The maximum Gasteiger partial charge on any atom is 0.302 e. The summed E-state index contributed by atoms with van der Waals surface area (Å²) in [5.41, 5.74) is 0. The van der Waals surface area contributed by atoms with Gasteiger partial charge in [0, 0.05) is 6.92 Å². The van der Waals surface area contributed by atoms with Crippen LogP contribution in [0.5, 0.6) is 0 Å². The maximum atomic E-state index is 10.6. The van der Waals surface area contributed by atoms with Gasteiger partial charge in [-0.15, -0.1) is 0 Å². The molecule has 0 aliphatic rings. The summed E-state index contributed by atoms with van der Waals surface area (Å²) in [4.78, 5) is 10.6. The van der Waals surface area contributed by atoms with Gasteiger partial charge in [-0.05, 0) is 12.3 Å². The van der Waals surface area contributed by atoms with E-state index >= 15 is 0 Å². The lowest BCUT2D eigenvalue weighted by Crippen LogP contribution is -2.09. The molecule has 0 aromatic heterocycles. The molecule has 0 fully saturated rings. The second-order valence-electron chi connectivity index (χ2n) is 5.17. The van der Waals surface area contributed by atoms with Crippen LogP contribution < -0.4 is 0 Å². The van der Waals surface area contributed by atoms with Gasteiger partial charge in [-0.2, -0.15) is 0 Å². The Bertz CT molecular complexity index is 178. The Morgan fingerprint density at radius 2 is 1.53 bits per heavy atom. The number of carbonyl (C=O) groups is 1. The van der Waals surface area contributed by atoms with Gasteiger partial charge in [0.1, 0.15) is 0 Å². The highest BCUT2D eigenvalue weighted by Gasteiger charge is 2.03. The molecular weight excluding hydrogens is 212 g/mol. The van der Waals surface area contributed by atoms with Crippen molar-refractivity contribution in [2.45, 2.75) is 78.6 Å². The number of rotatable bonds is 11. The molecule has 2 nitrogen and oxygen atoms in total. The zero-order valence-electron chi connectivity index (χ0n) is 12.0. The van der Waals surface area contributed by atoms with E-state index in [1.165, 1.54) is 64.7 Å². The van der Waals surface area contributed by atoms with Crippen LogP contribution in [-0.2, 0) is 9.53 Å². The second kappa shape index (κ2) is 11.9. The molecule has 0 saturated carbocycles. The normalized spacial score (nSPS) is 12.4. The first-order valence-corrected chi connectivity index (χ1v) is 7.30. The Hall–Kier alpha value is -0.530. The van der Waals surface area contributed by atoms with Crippen molar-refractivity contribution < 1.29 is 9.53 Å². The molecule has 0 aromatic carbocycles. The number of ether oxygens (including phenoxy) is 1. The molecule has 0 saturated heterocycles. The topological polar surface area (TPSA) is 26.3 Å². The average Bonchev–Trinajstić information content (AvgIpc) is 2.30. The smallest absolute Gasteiger partial charge is 0.302 e. The van der Waals surface area contributed by atoms with Crippen LogP contribution >= 0.6 is 0 Å². The number of esters is 1. The van der Waals surface area contributed by atoms with Crippen molar-refractivity contribution in [2.75, 3.05) is 6.61 Å². The Balaban J connectivity index is 3.13. The lowest BCUT2D eigenvalue weighted by Gasteiger charge is -2.10. The van der Waals surface area contributed by atoms with Gasteiger partial charge in [-0.3, -0.25) is 4.79 Å². The van der Waals surface area contributed by atoms with Crippen molar-refractivity contribution in [3.05, 3.63) is 0 Å². The molecule has 0 aliphatic carbocycles. The van der Waals surface area contributed by atoms with Crippen LogP contribution in [0.2, 0.25) is 0 Å². The Morgan fingerprint density at radius 3 is 2.06 bits per heavy atom. The van der Waals surface area contributed by atoms with Gasteiger partial charge < -0.3 is 4.74 Å². The number of carbonyl (C=O) groups excluding carboxylic acids is 1. The lowest BCUT2D eigenvalue weighted by atomic mass is 10.0. The van der Waals surface area contributed by atoms with Crippen LogP contribution in [0.3, 0.4) is 0 Å². The summed E-state index contributed by atoms with van der Waals surface area (Å²) in [5.74, 6) is 0.353. The molecule has 0 aromatic rings. The number of hydrogen-bond acceptors (Lipinski definition) is 2. The molecule has 1 atom stereocenters. The first-order valence-electron chi connectivity index (χ1n) is 7.30. The van der Waals surface area contributed by atoms with Gasteiger partial charge in [-0.1, -0.05) is 65.2 Å². The molecule has 0 rings (SSSR count). The van der Waals surface area contributed by atoms with Crippen molar-refractivity contribution in [1.29, 1.82) is 0 Å². The van der Waals surface area contributed by atoms with Gasteiger partial charge in [-0.25, -0.2) is 0 Å². The second-order valence-corrected chi connectivity index (χ2v) is 5.17. The molecule has 0 radical (unpaired) electrons. The molecule has 1 unspecified atom stereocenters. The van der Waals surface area contributed by atoms with Crippen LogP contribution in [0.15, 0.2) is 0 Å². The summed E-state index contributed by atoms with van der Waals surface area (Å²) >= 11 is 0. The summed E-state index contributed by atoms with van der Waals surface area (Å²) in [6, 6.07) is 0. The molecule has 0 amide bonds. The summed E-state index contributed by atoms with van der Waals surface area (Å²) in [6.07, 6.45) is 12.1. The summed E-state index contributed by atoms with van der Waals surface area (Å²) in [6.45, 7) is 6.48. The predicted octanol–water partition coefficient (Wildman–Crippen LogP) is 4.72. The minimum Gasteiger partial charge on any atom is -0.466 e. The molecule has 0 bridgehead atoms. The van der Waals surface area contributed by atoms with Crippen molar-refractivity contribution in [2.24, 2.45) is 5.92 Å². The minimum atomic E-state index is -0.159. The highest BCUT2D eigenvalue weighted by molar-refractivity contribution is 5.65. The van der Waals surface area contributed by atoms with E-state index in [2.05, 4.69) is 13.8 Å². The molecule has 0 spiro atoms. The SMILES string of the molecule is CCCCCCCCCCC(C)COC(C)=O. The van der Waals surface area contributed by atoms with E-state index in [1.54, 1.807) is 0 Å². The highest BCUT2D eigenvalue weighted by atomic mass is 16.5. The van der Waals surface area contributed by atoms with Gasteiger partial charge >= 0.3 is 5.97 Å². The lowest BCUT2D eigenvalue weighted by molar-refractivity contribution is -0.142. The Morgan fingerprint density at radius 1 is 1.00 bits per heavy atom. The highest BCUT2D eigenvalue weighted by Crippen LogP contribution is 2.13. The fourth-order valence-corrected chi connectivity index (χ4v) is 1.97. The standard InChI is InChI=1S/C15H30O2/c1-4-5-6-7-8-9-10-11-12-14(2)13-17-15(3)16/h14H,4-13H2,1-3H3. The third kappa shape index (κ3) is 13.4. The average molecular weight is 242 g/mol. The predicted molar refractivity (Wildman–Crippen MR) is 73.0 cm³/mol. The Labute approximate surface area is 107 Å². The van der Waals surface area contributed by atoms with E-state index in [-0.39, 0.29) is 5.97 Å². The Kier molecular flexibility index (Phi) is 11.6. The van der Waals surface area contributed by atoms with E-state index in [0.717, 1.165) is 0 Å². The van der Waals surface area contributed by atoms with Crippen molar-refractivity contribution >= 4 is 5.97 Å². The van der Waals surface area contributed by atoms with E-state index in [0.29, 0.717) is 12.5 Å². The molecule has 0 N–H and O–H groups in total. The van der Waals surface area contributed by atoms with Gasteiger partial charge in [0.25, 0.3) is 0 Å². The fourth-order valence-electron chi connectivity index (χ4n) is 1.97. The monoisotopic (exact) mass is 242 g/mol. The summed E-state index contributed by atoms with van der Waals surface area (Å²) in [5, 5.41) is 0. The van der Waals surface area contributed by atoms with Crippen LogP contribution in [0.4, 0.5) is 0 Å². The molecule has 102 valence electrons. The first kappa shape index (κ1) is 16.5. The molecule has 0 heterocycles. The zero-order valence-corrected chi connectivity index (χ0v) is 12.0. The van der Waals surface area contributed by atoms with E-state index in [1.807, 2.05) is 0 Å². The fraction of sp³-hybridized carbons (Fsp3) is 0.933. The zero-order chi connectivity index (χ0) is 12.9. The van der Waals surface area contributed by atoms with E-state index < -0.39 is 0 Å². The van der Waals surface area contributed by atoms with E-state index in [4.69, 9.17) is 4.74 Å².